The first-order chi connectivity index (χ1) is 10.8. The normalized spacial score (nSPS) is 11.5. The summed E-state index contributed by atoms with van der Waals surface area (Å²) in [6.45, 7) is 2.15. The Morgan fingerprint density at radius 2 is 1.76 bits per heavy atom. The Hall–Kier alpha value is -0.947. The first-order valence-electron chi connectivity index (χ1n) is 7.71. The minimum Gasteiger partial charge on any atom is -1.00 e. The van der Waals surface area contributed by atoms with E-state index in [2.05, 4.69) is 61.5 Å². The smallest absolute Gasteiger partial charge is 1.00 e. The summed E-state index contributed by atoms with van der Waals surface area (Å²) in [5.41, 5.74) is 1.36. The third-order valence-corrected chi connectivity index (χ3v) is 3.97. The molecule has 3 aromatic carbocycles. The second-order valence-electron chi connectivity index (χ2n) is 5.32. The van der Waals surface area contributed by atoms with Gasteiger partial charge >= 0.3 is 26.2 Å². The maximum absolute atomic E-state index is 5.39. The molecule has 0 heterocycles. The molecule has 1 nitrogen and oxygen atoms in total. The van der Waals surface area contributed by atoms with E-state index in [9.17, 15) is 0 Å². The minimum atomic E-state index is 0. The van der Waals surface area contributed by atoms with Crippen LogP contribution >= 0.6 is 0 Å². The van der Waals surface area contributed by atoms with E-state index in [1.807, 2.05) is 12.1 Å². The van der Waals surface area contributed by atoms with Crippen LogP contribution in [0.2, 0.25) is 0 Å². The van der Waals surface area contributed by atoms with Crippen molar-refractivity contribution >= 4 is 21.5 Å². The number of methoxy groups -OCH3 is 1. The van der Waals surface area contributed by atoms with Gasteiger partial charge in [-0.05, 0) is 6.07 Å². The Morgan fingerprint density at radius 1 is 1.04 bits per heavy atom. The Morgan fingerprint density at radius 3 is 2.36 bits per heavy atom. The summed E-state index contributed by atoms with van der Waals surface area (Å²) in [7, 11) is 1.72. The molecule has 128 valence electrons. The maximum atomic E-state index is 5.39. The van der Waals surface area contributed by atoms with Crippen LogP contribution in [0.3, 0.4) is 0 Å². The molecule has 25 heavy (non-hydrogen) atoms. The molecule has 0 fully saturated rings. The van der Waals surface area contributed by atoms with Crippen LogP contribution in [0.4, 0.5) is 0 Å². The summed E-state index contributed by atoms with van der Waals surface area (Å²) < 4.78 is 5.39. The molecule has 3 aromatic rings. The van der Waals surface area contributed by atoms with Crippen LogP contribution in [0.5, 0.6) is 5.75 Å². The maximum Gasteiger partial charge on any atom is 4.00 e. The van der Waals surface area contributed by atoms with E-state index in [0.717, 1.165) is 18.6 Å². The van der Waals surface area contributed by atoms with Gasteiger partial charge in [0.1, 0.15) is 0 Å². The molecule has 4 heteroatoms. The number of rotatable bonds is 2. The standard InChI is InChI=1S/C14H11O.C7H9.2ClH.Zr/c1-15-13-8-4-6-11-9-10-5-2-3-7-12(10)14(11)13;1-2-7-5-3-4-6-7;;;/h2-9H,1H3;3,5H,2,4H2,1H3;2*1H;/q2*-1;;;+4/p-2. The molecule has 0 saturated carbocycles. The fraction of sp³-hybridized carbons (Fsp3) is 0.190. The fourth-order valence-electron chi connectivity index (χ4n) is 2.84. The summed E-state index contributed by atoms with van der Waals surface area (Å²) >= 11 is 0. The molecule has 0 atom stereocenters. The van der Waals surface area contributed by atoms with Gasteiger partial charge in [-0.15, -0.1) is 40.8 Å². The van der Waals surface area contributed by atoms with Crippen molar-refractivity contribution in [1.29, 1.82) is 0 Å². The van der Waals surface area contributed by atoms with Crippen LogP contribution in [0.25, 0.3) is 21.5 Å². The first-order valence-corrected chi connectivity index (χ1v) is 7.71. The van der Waals surface area contributed by atoms with Crippen LogP contribution in [0, 0.1) is 6.08 Å². The monoisotopic (exact) mass is 448 g/mol. The van der Waals surface area contributed by atoms with Gasteiger partial charge in [-0.1, -0.05) is 43.0 Å². The summed E-state index contributed by atoms with van der Waals surface area (Å²) in [6.07, 6.45) is 9.65. The second-order valence-corrected chi connectivity index (χ2v) is 5.32. The molecule has 0 unspecified atom stereocenters. The number of fused-ring (bicyclic) bond motifs is 3. The summed E-state index contributed by atoms with van der Waals surface area (Å²) in [4.78, 5) is 0. The topological polar surface area (TPSA) is 9.23 Å². The molecular weight excluding hydrogens is 430 g/mol. The predicted molar refractivity (Wildman–Crippen MR) is 94.4 cm³/mol. The van der Waals surface area contributed by atoms with E-state index in [1.165, 1.54) is 27.1 Å². The van der Waals surface area contributed by atoms with E-state index in [1.54, 1.807) is 7.11 Å². The first kappa shape index (κ1) is 24.1. The number of benzene rings is 2. The van der Waals surface area contributed by atoms with Crippen LogP contribution in [-0.4, -0.2) is 7.11 Å². The molecule has 0 amide bonds. The molecule has 0 aliphatic heterocycles. The zero-order chi connectivity index (χ0) is 15.4. The summed E-state index contributed by atoms with van der Waals surface area (Å²) in [5.74, 6) is 0.952. The molecule has 0 N–H and O–H groups in total. The van der Waals surface area contributed by atoms with Crippen molar-refractivity contribution in [3.05, 3.63) is 72.3 Å². The second kappa shape index (κ2) is 11.6. The number of hydrogen-bond donors (Lipinski definition) is 0. The number of halogens is 2. The van der Waals surface area contributed by atoms with Crippen molar-refractivity contribution in [3.63, 3.8) is 0 Å². The van der Waals surface area contributed by atoms with Crippen LogP contribution in [0.15, 0.2) is 66.3 Å². The van der Waals surface area contributed by atoms with Gasteiger partial charge in [0.15, 0.2) is 0 Å². The third kappa shape index (κ3) is 5.51. The van der Waals surface area contributed by atoms with Gasteiger partial charge in [0.2, 0.25) is 0 Å². The molecule has 4 rings (SSSR count). The number of allylic oxidation sites excluding steroid dienone is 4. The average Bonchev–Trinajstić information content (AvgIpc) is 3.22. The molecule has 0 saturated heterocycles. The Bertz CT molecular complexity index is 849. The fourth-order valence-corrected chi connectivity index (χ4v) is 2.84. The number of ether oxygens (including phenoxy) is 1. The van der Waals surface area contributed by atoms with Gasteiger partial charge in [-0.2, -0.15) is 6.08 Å². The average molecular weight is 451 g/mol. The zero-order valence-corrected chi connectivity index (χ0v) is 18.3. The molecule has 0 spiro atoms. The van der Waals surface area contributed by atoms with Gasteiger partial charge in [-0.25, -0.2) is 11.6 Å². The van der Waals surface area contributed by atoms with Gasteiger partial charge in [0, 0.05) is 0 Å². The zero-order valence-electron chi connectivity index (χ0n) is 14.4. The van der Waals surface area contributed by atoms with Gasteiger partial charge in [0.25, 0.3) is 0 Å². The Labute approximate surface area is 181 Å². The van der Waals surface area contributed by atoms with Crippen LogP contribution in [0.1, 0.15) is 19.8 Å². The van der Waals surface area contributed by atoms with E-state index in [-0.39, 0.29) is 51.0 Å². The largest absolute Gasteiger partial charge is 4.00 e. The number of hydrogen-bond acceptors (Lipinski definition) is 1. The van der Waals surface area contributed by atoms with Gasteiger partial charge < -0.3 is 29.6 Å². The van der Waals surface area contributed by atoms with Gasteiger partial charge in [0.05, 0.1) is 12.9 Å². The third-order valence-electron chi connectivity index (χ3n) is 3.97. The van der Waals surface area contributed by atoms with Crippen molar-refractivity contribution in [1.82, 2.24) is 0 Å². The molecule has 0 radical (unpaired) electrons. The van der Waals surface area contributed by atoms with E-state index >= 15 is 0 Å². The van der Waals surface area contributed by atoms with Crippen molar-refractivity contribution in [2.24, 2.45) is 0 Å². The molecule has 1 aliphatic rings. The van der Waals surface area contributed by atoms with Crippen molar-refractivity contribution < 1.29 is 55.8 Å². The summed E-state index contributed by atoms with van der Waals surface area (Å²) in [6, 6.07) is 16.8. The minimum absolute atomic E-state index is 0. The quantitative estimate of drug-likeness (QED) is 0.492. The van der Waals surface area contributed by atoms with Crippen LogP contribution in [-0.2, 0) is 26.2 Å². The van der Waals surface area contributed by atoms with Crippen molar-refractivity contribution in [2.75, 3.05) is 7.11 Å². The van der Waals surface area contributed by atoms with E-state index in [0.29, 0.717) is 0 Å². The Balaban J connectivity index is 0.000000501. The van der Waals surface area contributed by atoms with E-state index < -0.39 is 0 Å². The summed E-state index contributed by atoms with van der Waals surface area (Å²) in [5, 5.41) is 5.01. The molecule has 1 aliphatic carbocycles. The molecular formula is C21H20Cl2OZr. The Kier molecular flexibility index (Phi) is 11.2. The van der Waals surface area contributed by atoms with Crippen molar-refractivity contribution in [3.8, 4) is 5.75 Å². The van der Waals surface area contributed by atoms with Crippen LogP contribution < -0.4 is 29.6 Å². The molecule has 0 bridgehead atoms. The molecule has 0 aromatic heterocycles. The van der Waals surface area contributed by atoms with Gasteiger partial charge in [-0.3, -0.25) is 6.08 Å². The van der Waals surface area contributed by atoms with Crippen molar-refractivity contribution in [2.45, 2.75) is 19.8 Å². The van der Waals surface area contributed by atoms with E-state index in [4.69, 9.17) is 4.74 Å². The predicted octanol–water partition coefficient (Wildman–Crippen LogP) is -0.188. The SMILES string of the molecule is CCC1=[C-]CC=C1.COc1cccc2[cH-]c3ccccc3c12.[Cl-].[Cl-].[Zr+4].